The van der Waals surface area contributed by atoms with Gasteiger partial charge in [-0.3, -0.25) is 0 Å². The van der Waals surface area contributed by atoms with E-state index in [1.807, 2.05) is 0 Å². The Morgan fingerprint density at radius 1 is 0.571 bits per heavy atom. The third-order valence-electron chi connectivity index (χ3n) is 9.02. The highest BCUT2D eigenvalue weighted by molar-refractivity contribution is 5.71. The van der Waals surface area contributed by atoms with Crippen molar-refractivity contribution in [3.05, 3.63) is 65.7 Å². The van der Waals surface area contributed by atoms with Gasteiger partial charge in [0.25, 0.3) is 0 Å². The molecular weight excluding hydrogens is 420 g/mol. The van der Waals surface area contributed by atoms with Crippen LogP contribution in [0.3, 0.4) is 0 Å². The fourth-order valence-corrected chi connectivity index (χ4v) is 6.55. The van der Waals surface area contributed by atoms with E-state index >= 15 is 0 Å². The van der Waals surface area contributed by atoms with Crippen molar-refractivity contribution >= 4 is 5.57 Å². The van der Waals surface area contributed by atoms with Crippen molar-refractivity contribution in [2.45, 2.75) is 122 Å². The molecule has 1 atom stereocenters. The van der Waals surface area contributed by atoms with Gasteiger partial charge in [-0.25, -0.2) is 0 Å². The van der Waals surface area contributed by atoms with Crippen LogP contribution < -0.4 is 0 Å². The Labute approximate surface area is 216 Å². The molecule has 2 aromatic rings. The van der Waals surface area contributed by atoms with Crippen molar-refractivity contribution in [2.24, 2.45) is 11.8 Å². The van der Waals surface area contributed by atoms with E-state index in [1.54, 1.807) is 11.1 Å². The van der Waals surface area contributed by atoms with Gasteiger partial charge in [0.05, 0.1) is 0 Å². The molecule has 1 unspecified atom stereocenters. The first-order chi connectivity index (χ1) is 17.3. The first kappa shape index (κ1) is 26.2. The third kappa shape index (κ3) is 7.83. The van der Waals surface area contributed by atoms with Crippen LogP contribution >= 0.6 is 0 Å². The fraction of sp³-hybridized carbons (Fsp3) is 0.600. The van der Waals surface area contributed by atoms with Crippen LogP contribution in [0.5, 0.6) is 0 Å². The molecular formula is C35H50. The fourth-order valence-electron chi connectivity index (χ4n) is 6.55. The van der Waals surface area contributed by atoms with E-state index in [0.717, 1.165) is 17.8 Å². The van der Waals surface area contributed by atoms with Crippen molar-refractivity contribution in [1.82, 2.24) is 0 Å². The van der Waals surface area contributed by atoms with Crippen LogP contribution in [0.15, 0.2) is 54.6 Å². The number of unbranched alkanes of at least 4 members (excludes halogenated alkanes) is 5. The number of hydrogen-bond donors (Lipinski definition) is 0. The lowest BCUT2D eigenvalue weighted by Crippen LogP contribution is -2.13. The summed E-state index contributed by atoms with van der Waals surface area (Å²) in [6.45, 7) is 4.61. The molecule has 2 aliphatic rings. The van der Waals surface area contributed by atoms with Gasteiger partial charge in [0.2, 0.25) is 0 Å². The summed E-state index contributed by atoms with van der Waals surface area (Å²) in [5, 5.41) is 0. The van der Waals surface area contributed by atoms with Crippen LogP contribution in [-0.2, 0) is 0 Å². The standard InChI is InChI=1S/C35H50/c1-3-5-7-8-9-11-29-14-18-31(19-15-29)33-22-26-35(27-23-33)34-24-20-32(21-25-34)30-16-12-28(13-17-30)10-6-4-2/h16,20-29,31H,3-15,17-19H2,1-2H3/t28?,29-,31-. The van der Waals surface area contributed by atoms with Crippen LogP contribution in [-0.4, -0.2) is 0 Å². The Kier molecular flexibility index (Phi) is 10.5. The lowest BCUT2D eigenvalue weighted by Gasteiger charge is -2.29. The molecule has 2 aromatic carbocycles. The molecule has 4 rings (SSSR count). The van der Waals surface area contributed by atoms with Crippen molar-refractivity contribution in [3.63, 3.8) is 0 Å². The van der Waals surface area contributed by atoms with Gasteiger partial charge in [0.1, 0.15) is 0 Å². The smallest absolute Gasteiger partial charge is 0.0162 e. The summed E-state index contributed by atoms with van der Waals surface area (Å²) in [6, 6.07) is 18.9. The minimum atomic E-state index is 0.780. The Hall–Kier alpha value is -1.82. The van der Waals surface area contributed by atoms with Crippen LogP contribution in [0, 0.1) is 11.8 Å². The summed E-state index contributed by atoms with van der Waals surface area (Å²) in [4.78, 5) is 0. The van der Waals surface area contributed by atoms with E-state index in [1.165, 1.54) is 119 Å². The average Bonchev–Trinajstić information content (AvgIpc) is 2.93. The summed E-state index contributed by atoms with van der Waals surface area (Å²) in [6.07, 6.45) is 24.8. The first-order valence-corrected chi connectivity index (χ1v) is 15.2. The van der Waals surface area contributed by atoms with E-state index in [9.17, 15) is 0 Å². The van der Waals surface area contributed by atoms with E-state index in [4.69, 9.17) is 0 Å². The monoisotopic (exact) mass is 470 g/mol. The summed E-state index contributed by atoms with van der Waals surface area (Å²) in [7, 11) is 0. The minimum absolute atomic E-state index is 0.780. The Bertz CT molecular complexity index is 877. The molecule has 0 radical (unpaired) electrons. The first-order valence-electron chi connectivity index (χ1n) is 15.2. The molecule has 0 aliphatic heterocycles. The van der Waals surface area contributed by atoms with E-state index < -0.39 is 0 Å². The molecule has 0 bridgehead atoms. The normalized spacial score (nSPS) is 22.7. The molecule has 0 heteroatoms. The van der Waals surface area contributed by atoms with Crippen LogP contribution in [0.2, 0.25) is 0 Å². The van der Waals surface area contributed by atoms with Gasteiger partial charge < -0.3 is 0 Å². The van der Waals surface area contributed by atoms with Crippen molar-refractivity contribution in [2.75, 3.05) is 0 Å². The van der Waals surface area contributed by atoms with E-state index in [-0.39, 0.29) is 0 Å². The third-order valence-corrected chi connectivity index (χ3v) is 9.02. The lowest BCUT2D eigenvalue weighted by molar-refractivity contribution is 0.302. The maximum absolute atomic E-state index is 2.52. The second-order valence-corrected chi connectivity index (χ2v) is 11.6. The quantitative estimate of drug-likeness (QED) is 0.270. The van der Waals surface area contributed by atoms with Gasteiger partial charge in [-0.15, -0.1) is 0 Å². The highest BCUT2D eigenvalue weighted by atomic mass is 14.3. The zero-order valence-electron chi connectivity index (χ0n) is 22.7. The minimum Gasteiger partial charge on any atom is -0.0804 e. The van der Waals surface area contributed by atoms with Crippen molar-refractivity contribution < 1.29 is 0 Å². The molecule has 0 spiro atoms. The lowest BCUT2D eigenvalue weighted by atomic mass is 9.77. The molecule has 190 valence electrons. The molecule has 0 N–H and O–H groups in total. The zero-order valence-corrected chi connectivity index (χ0v) is 22.7. The number of hydrogen-bond acceptors (Lipinski definition) is 0. The predicted octanol–water partition coefficient (Wildman–Crippen LogP) is 11.4. The Balaban J connectivity index is 1.25. The number of allylic oxidation sites excluding steroid dienone is 2. The van der Waals surface area contributed by atoms with Crippen molar-refractivity contribution in [3.8, 4) is 11.1 Å². The average molecular weight is 471 g/mol. The van der Waals surface area contributed by atoms with Gasteiger partial charge >= 0.3 is 0 Å². The van der Waals surface area contributed by atoms with Gasteiger partial charge in [-0.2, -0.15) is 0 Å². The summed E-state index contributed by atoms with van der Waals surface area (Å²) < 4.78 is 0. The SMILES string of the molecule is CCCCCCC[C@H]1CC[C@H](c2ccc(-c3ccc(C4=CCC(CCCC)CC4)cc3)cc2)CC1. The van der Waals surface area contributed by atoms with Gasteiger partial charge in [-0.05, 0) is 90.5 Å². The Morgan fingerprint density at radius 2 is 1.17 bits per heavy atom. The van der Waals surface area contributed by atoms with E-state index in [0.29, 0.717) is 0 Å². The molecule has 1 saturated carbocycles. The van der Waals surface area contributed by atoms with Crippen LogP contribution in [0.4, 0.5) is 0 Å². The summed E-state index contributed by atoms with van der Waals surface area (Å²) >= 11 is 0. The maximum Gasteiger partial charge on any atom is -0.0162 e. The zero-order chi connectivity index (χ0) is 24.3. The van der Waals surface area contributed by atoms with Crippen LogP contribution in [0.25, 0.3) is 16.7 Å². The highest BCUT2D eigenvalue weighted by Gasteiger charge is 2.22. The highest BCUT2D eigenvalue weighted by Crippen LogP contribution is 2.38. The molecule has 0 saturated heterocycles. The summed E-state index contributed by atoms with van der Waals surface area (Å²) in [5.74, 6) is 2.69. The molecule has 0 amide bonds. The van der Waals surface area contributed by atoms with Gasteiger partial charge in [0, 0.05) is 0 Å². The number of benzene rings is 2. The second-order valence-electron chi connectivity index (χ2n) is 11.6. The van der Waals surface area contributed by atoms with E-state index in [2.05, 4.69) is 68.5 Å². The Morgan fingerprint density at radius 3 is 1.80 bits per heavy atom. The summed E-state index contributed by atoms with van der Waals surface area (Å²) in [5.41, 5.74) is 7.28. The number of rotatable bonds is 12. The second kappa shape index (κ2) is 14.1. The molecule has 1 fully saturated rings. The van der Waals surface area contributed by atoms with Crippen LogP contribution in [0.1, 0.15) is 134 Å². The van der Waals surface area contributed by atoms with Gasteiger partial charge in [-0.1, -0.05) is 126 Å². The molecule has 35 heavy (non-hydrogen) atoms. The predicted molar refractivity (Wildman–Crippen MR) is 155 cm³/mol. The molecule has 0 heterocycles. The molecule has 2 aliphatic carbocycles. The largest absolute Gasteiger partial charge is 0.0804 e. The van der Waals surface area contributed by atoms with Crippen molar-refractivity contribution in [1.29, 1.82) is 0 Å². The maximum atomic E-state index is 2.52. The molecule has 0 aromatic heterocycles. The molecule has 0 nitrogen and oxygen atoms in total. The topological polar surface area (TPSA) is 0 Å². The van der Waals surface area contributed by atoms with Gasteiger partial charge in [0.15, 0.2) is 0 Å².